The Hall–Kier alpha value is -3.19. The van der Waals surface area contributed by atoms with Gasteiger partial charge in [-0.2, -0.15) is 0 Å². The molecule has 0 spiro atoms. The minimum Gasteiger partial charge on any atom is -0.487 e. The van der Waals surface area contributed by atoms with Gasteiger partial charge in [-0.25, -0.2) is 0 Å². The molecular weight excluding hydrogens is 468 g/mol. The molecule has 36 heavy (non-hydrogen) atoms. The molecule has 4 heteroatoms. The number of hydrogen-bond acceptors (Lipinski definition) is 3. The van der Waals surface area contributed by atoms with Crippen LogP contribution in [0.3, 0.4) is 0 Å². The maximum Gasteiger partial charge on any atom is 0.137 e. The lowest BCUT2D eigenvalue weighted by atomic mass is 9.95. The first-order valence-electron chi connectivity index (χ1n) is 12.4. The minimum absolute atomic E-state index is 0.329. The third kappa shape index (κ3) is 6.13. The highest BCUT2D eigenvalue weighted by Crippen LogP contribution is 2.42. The van der Waals surface area contributed by atoms with Crippen LogP contribution in [0.1, 0.15) is 55.9 Å². The Bertz CT molecular complexity index is 1300. The second kappa shape index (κ2) is 11.2. The zero-order valence-electron chi connectivity index (χ0n) is 21.5. The van der Waals surface area contributed by atoms with Crippen molar-refractivity contribution in [3.05, 3.63) is 92.6 Å². The molecule has 0 fully saturated rings. The number of rotatable bonds is 8. The van der Waals surface area contributed by atoms with E-state index in [1.807, 2.05) is 57.2 Å². The predicted molar refractivity (Wildman–Crippen MR) is 149 cm³/mol. The molecule has 2 aliphatic rings. The van der Waals surface area contributed by atoms with Crippen LogP contribution in [0.5, 0.6) is 11.5 Å². The van der Waals surface area contributed by atoms with Crippen molar-refractivity contribution in [1.29, 1.82) is 0 Å². The molecule has 0 unspecified atom stereocenters. The quantitative estimate of drug-likeness (QED) is 0.270. The Balaban J connectivity index is 1.61. The summed E-state index contributed by atoms with van der Waals surface area (Å²) in [6.07, 6.45) is 18.0. The number of allylic oxidation sites excluding steroid dienone is 3. The molecular formula is C32H33ClO3. The number of hydrogen-bond donors (Lipinski definition) is 0. The fraction of sp³-hybridized carbons (Fsp3) is 0.312. The van der Waals surface area contributed by atoms with Crippen molar-refractivity contribution >= 4 is 23.8 Å². The maximum atomic E-state index is 6.41. The molecule has 3 nitrogen and oxygen atoms in total. The number of ether oxygens (including phenoxy) is 3. The molecule has 0 saturated carbocycles. The molecule has 2 heterocycles. The van der Waals surface area contributed by atoms with Crippen molar-refractivity contribution in [2.75, 3.05) is 13.2 Å². The topological polar surface area (TPSA) is 27.7 Å². The van der Waals surface area contributed by atoms with Crippen molar-refractivity contribution in [3.8, 4) is 23.8 Å². The van der Waals surface area contributed by atoms with Crippen molar-refractivity contribution in [2.24, 2.45) is 0 Å². The zero-order chi connectivity index (χ0) is 25.7. The Kier molecular flexibility index (Phi) is 8.09. The first-order chi connectivity index (χ1) is 17.3. The van der Waals surface area contributed by atoms with Gasteiger partial charge in [-0.05, 0) is 85.9 Å². The van der Waals surface area contributed by atoms with Gasteiger partial charge in [0.15, 0.2) is 0 Å². The number of benzene rings is 2. The molecule has 0 amide bonds. The van der Waals surface area contributed by atoms with Gasteiger partial charge in [-0.15, -0.1) is 6.42 Å². The highest BCUT2D eigenvalue weighted by molar-refractivity contribution is 6.31. The second-order valence-corrected chi connectivity index (χ2v) is 10.2. The summed E-state index contributed by atoms with van der Waals surface area (Å²) in [5, 5.41) is 0.718. The molecule has 186 valence electrons. The van der Waals surface area contributed by atoms with Crippen LogP contribution >= 0.6 is 11.6 Å². The smallest absolute Gasteiger partial charge is 0.137 e. The van der Waals surface area contributed by atoms with E-state index in [1.165, 1.54) is 0 Å². The van der Waals surface area contributed by atoms with Crippen molar-refractivity contribution in [2.45, 2.75) is 52.7 Å². The fourth-order valence-electron chi connectivity index (χ4n) is 4.25. The Morgan fingerprint density at radius 3 is 2.81 bits per heavy atom. The van der Waals surface area contributed by atoms with Gasteiger partial charge < -0.3 is 14.2 Å². The van der Waals surface area contributed by atoms with Gasteiger partial charge >= 0.3 is 0 Å². The summed E-state index contributed by atoms with van der Waals surface area (Å²) in [4.78, 5) is 0. The summed E-state index contributed by atoms with van der Waals surface area (Å²) in [6.45, 7) is 9.51. The lowest BCUT2D eigenvalue weighted by molar-refractivity contribution is 0.142. The molecule has 0 bridgehead atoms. The second-order valence-electron chi connectivity index (χ2n) is 9.76. The van der Waals surface area contributed by atoms with Crippen LogP contribution < -0.4 is 9.47 Å². The van der Waals surface area contributed by atoms with E-state index in [1.54, 1.807) is 0 Å². The summed E-state index contributed by atoms with van der Waals surface area (Å²) in [6, 6.07) is 10.1. The molecule has 2 aliphatic heterocycles. The van der Waals surface area contributed by atoms with Crippen LogP contribution in [-0.4, -0.2) is 18.8 Å². The summed E-state index contributed by atoms with van der Waals surface area (Å²) in [7, 11) is 0. The predicted octanol–water partition coefficient (Wildman–Crippen LogP) is 8.11. The van der Waals surface area contributed by atoms with Crippen LogP contribution in [0.15, 0.2) is 65.3 Å². The number of fused-ring (bicyclic) bond motifs is 3. The highest BCUT2D eigenvalue weighted by atomic mass is 35.5. The van der Waals surface area contributed by atoms with Crippen molar-refractivity contribution in [1.82, 2.24) is 0 Å². The molecule has 0 radical (unpaired) electrons. The summed E-state index contributed by atoms with van der Waals surface area (Å²) in [5.41, 5.74) is 6.81. The number of aryl methyl sites for hydroxylation is 1. The van der Waals surface area contributed by atoms with Gasteiger partial charge in [0.2, 0.25) is 0 Å². The summed E-state index contributed by atoms with van der Waals surface area (Å²) < 4.78 is 18.5. The van der Waals surface area contributed by atoms with E-state index in [0.717, 1.165) is 68.3 Å². The molecule has 2 aromatic carbocycles. The van der Waals surface area contributed by atoms with Gasteiger partial charge in [0.1, 0.15) is 23.7 Å². The third-order valence-corrected chi connectivity index (χ3v) is 6.59. The molecule has 0 saturated heterocycles. The van der Waals surface area contributed by atoms with Gasteiger partial charge in [0.05, 0.1) is 18.8 Å². The molecule has 0 atom stereocenters. The van der Waals surface area contributed by atoms with E-state index in [0.29, 0.717) is 19.8 Å². The van der Waals surface area contributed by atoms with Gasteiger partial charge in [0.25, 0.3) is 0 Å². The standard InChI is InChI=1S/C32H33ClO3/c1-6-8-23(7-2)10-12-25(19-34-20-26-11-9-22(3)17-29(26)33)27-18-24-13-14-30-28(31(24)35-21-27)15-16-32(4,5)36-30/h2,9-18H,6,8,19-21H2,1,3-5H3/b23-10+,25-12+. The van der Waals surface area contributed by atoms with Gasteiger partial charge in [-0.3, -0.25) is 0 Å². The largest absolute Gasteiger partial charge is 0.487 e. The van der Waals surface area contributed by atoms with Crippen LogP contribution in [0.4, 0.5) is 0 Å². The SMILES string of the molecule is C#C/C(=C\C=C(/COCc1ccc(C)cc1Cl)C1=Cc2ccc3c(c2OC1)C=CC(C)(C)O3)CCC. The summed E-state index contributed by atoms with van der Waals surface area (Å²) in [5.74, 6) is 4.49. The van der Waals surface area contributed by atoms with Gasteiger partial charge in [0, 0.05) is 16.2 Å². The molecule has 0 N–H and O–H groups in total. The maximum absolute atomic E-state index is 6.41. The normalized spacial score (nSPS) is 16.3. The molecule has 0 aliphatic carbocycles. The van der Waals surface area contributed by atoms with Crippen LogP contribution in [0.25, 0.3) is 12.2 Å². The minimum atomic E-state index is -0.329. The average Bonchev–Trinajstić information content (AvgIpc) is 2.85. The van der Waals surface area contributed by atoms with Crippen LogP contribution in [-0.2, 0) is 11.3 Å². The van der Waals surface area contributed by atoms with Crippen molar-refractivity contribution < 1.29 is 14.2 Å². The van der Waals surface area contributed by atoms with E-state index >= 15 is 0 Å². The zero-order valence-corrected chi connectivity index (χ0v) is 22.2. The van der Waals surface area contributed by atoms with E-state index in [2.05, 4.69) is 37.1 Å². The number of terminal acetylenes is 1. The number of halogens is 1. The van der Waals surface area contributed by atoms with E-state index in [-0.39, 0.29) is 5.60 Å². The first kappa shape index (κ1) is 25.9. The van der Waals surface area contributed by atoms with E-state index in [9.17, 15) is 0 Å². The molecule has 0 aromatic heterocycles. The monoisotopic (exact) mass is 500 g/mol. The Labute approximate surface area is 220 Å². The van der Waals surface area contributed by atoms with E-state index < -0.39 is 0 Å². The highest BCUT2D eigenvalue weighted by Gasteiger charge is 2.26. The third-order valence-electron chi connectivity index (χ3n) is 6.24. The Morgan fingerprint density at radius 1 is 1.22 bits per heavy atom. The average molecular weight is 501 g/mol. The van der Waals surface area contributed by atoms with E-state index in [4.69, 9.17) is 32.2 Å². The lowest BCUT2D eigenvalue weighted by Crippen LogP contribution is -2.27. The lowest BCUT2D eigenvalue weighted by Gasteiger charge is -2.30. The van der Waals surface area contributed by atoms with Crippen LogP contribution in [0.2, 0.25) is 5.02 Å². The Morgan fingerprint density at radius 2 is 2.06 bits per heavy atom. The first-order valence-corrected chi connectivity index (χ1v) is 12.8. The molecule has 2 aromatic rings. The van der Waals surface area contributed by atoms with Crippen molar-refractivity contribution in [3.63, 3.8) is 0 Å². The molecule has 4 rings (SSSR count). The fourth-order valence-corrected chi connectivity index (χ4v) is 4.54. The van der Waals surface area contributed by atoms with Gasteiger partial charge in [-0.1, -0.05) is 55.2 Å². The van der Waals surface area contributed by atoms with Crippen LogP contribution in [0, 0.1) is 19.3 Å². The summed E-state index contributed by atoms with van der Waals surface area (Å²) >= 11 is 6.41.